The number of anilines is 1. The Morgan fingerprint density at radius 2 is 1.75 bits per heavy atom. The third-order valence-corrected chi connectivity index (χ3v) is 7.04. The number of hydrogen-bond donors (Lipinski definition) is 3. The molecule has 3 N–H and O–H groups in total. The minimum absolute atomic E-state index is 0.132. The highest BCUT2D eigenvalue weighted by atomic mass is 32.1. The van der Waals surface area contributed by atoms with Crippen molar-refractivity contribution < 1.29 is 15.0 Å². The molecule has 4 aromatic rings. The van der Waals surface area contributed by atoms with Crippen molar-refractivity contribution in [1.82, 2.24) is 14.9 Å². The summed E-state index contributed by atoms with van der Waals surface area (Å²) in [5.74, 6) is -0.836. The number of phenols is 1. The molecule has 5 rings (SSSR count). The predicted molar refractivity (Wildman–Crippen MR) is 143 cm³/mol. The van der Waals surface area contributed by atoms with Gasteiger partial charge in [-0.15, -0.1) is 0 Å². The van der Waals surface area contributed by atoms with Gasteiger partial charge in [-0.1, -0.05) is 24.3 Å². The highest BCUT2D eigenvalue weighted by Crippen LogP contribution is 2.45. The minimum Gasteiger partial charge on any atom is -0.506 e. The van der Waals surface area contributed by atoms with E-state index in [2.05, 4.69) is 20.9 Å². The van der Waals surface area contributed by atoms with E-state index in [1.165, 1.54) is 0 Å². The number of phenolic OH excluding ortho intramolecular Hbond substituents is 1. The van der Waals surface area contributed by atoms with E-state index >= 15 is 0 Å². The number of carboxylic acids is 1. The second kappa shape index (κ2) is 9.13. The summed E-state index contributed by atoms with van der Waals surface area (Å²) in [6, 6.07) is 19.6. The molecule has 7 nitrogen and oxygen atoms in total. The first-order valence-electron chi connectivity index (χ1n) is 11.6. The average molecular weight is 499 g/mol. The quantitative estimate of drug-likeness (QED) is 0.318. The minimum atomic E-state index is -0.967. The zero-order chi connectivity index (χ0) is 25.6. The van der Waals surface area contributed by atoms with E-state index < -0.39 is 5.97 Å². The van der Waals surface area contributed by atoms with Gasteiger partial charge in [0.2, 0.25) is 0 Å². The van der Waals surface area contributed by atoms with Gasteiger partial charge < -0.3 is 25.0 Å². The van der Waals surface area contributed by atoms with Gasteiger partial charge in [0.1, 0.15) is 5.75 Å². The first-order valence-corrected chi connectivity index (χ1v) is 12.0. The molecule has 1 fully saturated rings. The van der Waals surface area contributed by atoms with Crippen molar-refractivity contribution in [3.05, 3.63) is 107 Å². The number of carbonyl (C=O) groups is 1. The third-order valence-electron chi connectivity index (χ3n) is 6.73. The number of nitrogens with one attached hydrogen (secondary N) is 1. The molecule has 1 aliphatic rings. The van der Waals surface area contributed by atoms with Crippen LogP contribution in [0.15, 0.2) is 72.9 Å². The number of nitrogens with zero attached hydrogens (tertiary/aromatic N) is 3. The van der Waals surface area contributed by atoms with Crippen molar-refractivity contribution in [2.24, 2.45) is 0 Å². The van der Waals surface area contributed by atoms with Crippen LogP contribution < -0.4 is 10.2 Å². The number of thiocarbonyl (C=S) groups is 1. The molecule has 3 heterocycles. The lowest BCUT2D eigenvalue weighted by atomic mass is 9.96. The molecular formula is C28H26N4O3S. The van der Waals surface area contributed by atoms with E-state index in [1.807, 2.05) is 62.1 Å². The number of para-hydroxylation sites is 2. The van der Waals surface area contributed by atoms with Crippen LogP contribution in [0.2, 0.25) is 0 Å². The Labute approximate surface area is 214 Å². The van der Waals surface area contributed by atoms with Crippen LogP contribution in [0.1, 0.15) is 50.7 Å². The van der Waals surface area contributed by atoms with Gasteiger partial charge >= 0.3 is 5.97 Å². The molecule has 0 aliphatic carbocycles. The highest BCUT2D eigenvalue weighted by Gasteiger charge is 2.43. The van der Waals surface area contributed by atoms with E-state index in [0.717, 1.165) is 33.9 Å². The maximum Gasteiger partial charge on any atom is 0.335 e. The predicted octanol–water partition coefficient (Wildman–Crippen LogP) is 5.38. The number of aromatic hydroxyl groups is 1. The van der Waals surface area contributed by atoms with Crippen LogP contribution in [0.25, 0.3) is 5.69 Å². The average Bonchev–Trinajstić information content (AvgIpc) is 3.35. The van der Waals surface area contributed by atoms with Crippen LogP contribution in [0, 0.1) is 20.8 Å². The van der Waals surface area contributed by atoms with Gasteiger partial charge in [-0.05, 0) is 86.6 Å². The Balaban J connectivity index is 1.71. The van der Waals surface area contributed by atoms with Crippen LogP contribution in [0.5, 0.6) is 5.75 Å². The molecule has 0 amide bonds. The van der Waals surface area contributed by atoms with Gasteiger partial charge in [0.05, 0.1) is 29.0 Å². The smallest absolute Gasteiger partial charge is 0.335 e. The first-order chi connectivity index (χ1) is 17.3. The molecule has 1 aliphatic heterocycles. The molecule has 1 saturated heterocycles. The summed E-state index contributed by atoms with van der Waals surface area (Å²) >= 11 is 5.78. The SMILES string of the molecule is Cc1ccc(C(=O)O)cc1-n1c(C)cc([C@H]2[C@H](c3ccccn3)NC(=S)N2c2ccccc2O)c1C. The van der Waals surface area contributed by atoms with Crippen LogP contribution in [0.3, 0.4) is 0 Å². The fourth-order valence-corrected chi connectivity index (χ4v) is 5.38. The van der Waals surface area contributed by atoms with Crippen molar-refractivity contribution in [3.8, 4) is 11.4 Å². The number of benzene rings is 2. The van der Waals surface area contributed by atoms with E-state index in [9.17, 15) is 15.0 Å². The standard InChI is InChI=1S/C28H26N4O3S/c1-16-11-12-19(27(34)35)15-23(16)31-17(2)14-20(18(31)3)26-25(21-8-6-7-13-29-21)30-28(36)32(26)22-9-4-5-10-24(22)33/h4-15,25-26,33H,1-3H3,(H,30,36)(H,34,35)/t25-,26-/m0/s1. The molecule has 0 radical (unpaired) electrons. The second-order valence-electron chi connectivity index (χ2n) is 8.95. The van der Waals surface area contributed by atoms with Gasteiger partial charge in [0.25, 0.3) is 0 Å². The molecule has 2 aromatic carbocycles. The summed E-state index contributed by atoms with van der Waals surface area (Å²) in [6.45, 7) is 6.00. The molecule has 2 aromatic heterocycles. The Kier molecular flexibility index (Phi) is 5.97. The zero-order valence-electron chi connectivity index (χ0n) is 20.1. The van der Waals surface area contributed by atoms with Crippen LogP contribution in [-0.2, 0) is 0 Å². The van der Waals surface area contributed by atoms with Crippen molar-refractivity contribution in [3.63, 3.8) is 0 Å². The van der Waals surface area contributed by atoms with Gasteiger partial charge in [-0.3, -0.25) is 4.98 Å². The molecule has 0 unspecified atom stereocenters. The topological polar surface area (TPSA) is 90.6 Å². The number of aromatic carboxylic acids is 1. The molecule has 8 heteroatoms. The van der Waals surface area contributed by atoms with E-state index in [0.29, 0.717) is 10.8 Å². The summed E-state index contributed by atoms with van der Waals surface area (Å²) in [6.07, 6.45) is 1.75. The maximum absolute atomic E-state index is 11.7. The molecule has 0 bridgehead atoms. The lowest BCUT2D eigenvalue weighted by molar-refractivity contribution is 0.0697. The second-order valence-corrected chi connectivity index (χ2v) is 9.34. The molecule has 0 spiro atoms. The first kappa shape index (κ1) is 23.6. The van der Waals surface area contributed by atoms with Gasteiger partial charge in [-0.2, -0.15) is 0 Å². The Morgan fingerprint density at radius 3 is 2.44 bits per heavy atom. The summed E-state index contributed by atoms with van der Waals surface area (Å²) in [5, 5.41) is 24.2. The van der Waals surface area contributed by atoms with Crippen molar-refractivity contribution >= 4 is 29.0 Å². The summed E-state index contributed by atoms with van der Waals surface area (Å²) in [4.78, 5) is 18.2. The molecule has 0 saturated carbocycles. The fraction of sp³-hybridized carbons (Fsp3) is 0.179. The van der Waals surface area contributed by atoms with Gasteiger partial charge in [0, 0.05) is 23.3 Å². The number of carboxylic acid groups (broad SMARTS) is 1. The van der Waals surface area contributed by atoms with E-state index in [4.69, 9.17) is 12.2 Å². The van der Waals surface area contributed by atoms with Crippen LogP contribution in [-0.4, -0.2) is 30.8 Å². The number of rotatable bonds is 5. The van der Waals surface area contributed by atoms with E-state index in [1.54, 1.807) is 30.5 Å². The van der Waals surface area contributed by atoms with Crippen LogP contribution in [0.4, 0.5) is 5.69 Å². The summed E-state index contributed by atoms with van der Waals surface area (Å²) in [5.41, 5.74) is 6.36. The van der Waals surface area contributed by atoms with Gasteiger partial charge in [0.15, 0.2) is 5.11 Å². The zero-order valence-corrected chi connectivity index (χ0v) is 21.0. The third kappa shape index (κ3) is 3.89. The molecular weight excluding hydrogens is 472 g/mol. The monoisotopic (exact) mass is 498 g/mol. The number of hydrogen-bond acceptors (Lipinski definition) is 4. The number of aryl methyl sites for hydroxylation is 2. The maximum atomic E-state index is 11.7. The Bertz CT molecular complexity index is 1480. The fourth-order valence-electron chi connectivity index (χ4n) is 5.04. The van der Waals surface area contributed by atoms with Crippen LogP contribution >= 0.6 is 12.2 Å². The van der Waals surface area contributed by atoms with E-state index in [-0.39, 0.29) is 23.4 Å². The lowest BCUT2D eigenvalue weighted by Crippen LogP contribution is -2.29. The van der Waals surface area contributed by atoms with Gasteiger partial charge in [-0.25, -0.2) is 4.79 Å². The largest absolute Gasteiger partial charge is 0.506 e. The summed E-state index contributed by atoms with van der Waals surface area (Å²) < 4.78 is 2.08. The molecule has 2 atom stereocenters. The summed E-state index contributed by atoms with van der Waals surface area (Å²) in [7, 11) is 0. The van der Waals surface area contributed by atoms with Crippen molar-refractivity contribution in [2.75, 3.05) is 4.90 Å². The lowest BCUT2D eigenvalue weighted by Gasteiger charge is -2.28. The Hall–Kier alpha value is -4.17. The van der Waals surface area contributed by atoms with Crippen molar-refractivity contribution in [2.45, 2.75) is 32.9 Å². The normalized spacial score (nSPS) is 17.3. The molecule has 182 valence electrons. The number of aromatic nitrogens is 2. The van der Waals surface area contributed by atoms with Crippen molar-refractivity contribution in [1.29, 1.82) is 0 Å². The Morgan fingerprint density at radius 1 is 1.00 bits per heavy atom. The molecule has 36 heavy (non-hydrogen) atoms. The highest BCUT2D eigenvalue weighted by molar-refractivity contribution is 7.80. The number of pyridine rings is 1.